The van der Waals surface area contributed by atoms with Crippen LogP contribution in [-0.4, -0.2) is 28.4 Å². The van der Waals surface area contributed by atoms with E-state index in [9.17, 15) is 14.4 Å². The summed E-state index contributed by atoms with van der Waals surface area (Å²) in [5.41, 5.74) is 5.21. The quantitative estimate of drug-likeness (QED) is 0.769. The lowest BCUT2D eigenvalue weighted by molar-refractivity contribution is 0.0998. The van der Waals surface area contributed by atoms with Gasteiger partial charge < -0.3 is 10.6 Å². The van der Waals surface area contributed by atoms with E-state index in [2.05, 4.69) is 4.98 Å². The van der Waals surface area contributed by atoms with Crippen molar-refractivity contribution in [3.63, 3.8) is 0 Å². The van der Waals surface area contributed by atoms with Crippen molar-refractivity contribution >= 4 is 17.3 Å². The molecule has 1 aromatic heterocycles. The maximum atomic E-state index is 12.6. The van der Waals surface area contributed by atoms with E-state index < -0.39 is 17.0 Å². The van der Waals surface area contributed by atoms with Gasteiger partial charge in [-0.2, -0.15) is 0 Å². The van der Waals surface area contributed by atoms with Crippen LogP contribution in [0.3, 0.4) is 0 Å². The molecule has 0 fully saturated rings. The van der Waals surface area contributed by atoms with E-state index in [1.54, 1.807) is 6.92 Å². The number of hydrogen-bond donors (Lipinski definition) is 2. The monoisotopic (exact) mass is 316 g/mol. The SMILES string of the molecule is CCN(CC(=O)c1c(N)n(CC)c(=O)[nH]c1=O)c1ccccc1. The number of nitrogen functional groups attached to an aromatic ring is 1. The minimum Gasteiger partial charge on any atom is -0.384 e. The first-order chi connectivity index (χ1) is 11.0. The molecule has 0 spiro atoms. The number of carbonyl (C=O) groups excluding carboxylic acids is 1. The Morgan fingerprint density at radius 2 is 1.87 bits per heavy atom. The maximum absolute atomic E-state index is 12.6. The molecule has 0 aliphatic carbocycles. The van der Waals surface area contributed by atoms with Crippen LogP contribution < -0.4 is 21.9 Å². The average Bonchev–Trinajstić information content (AvgIpc) is 2.53. The van der Waals surface area contributed by atoms with Crippen LogP contribution in [0.2, 0.25) is 0 Å². The molecular formula is C16H20N4O3. The number of carbonyl (C=O) groups is 1. The predicted octanol–water partition coefficient (Wildman–Crippen LogP) is 0.848. The zero-order valence-corrected chi connectivity index (χ0v) is 13.2. The molecule has 0 atom stereocenters. The van der Waals surface area contributed by atoms with Crippen molar-refractivity contribution in [2.75, 3.05) is 23.7 Å². The van der Waals surface area contributed by atoms with Gasteiger partial charge in [0.1, 0.15) is 11.4 Å². The van der Waals surface area contributed by atoms with Gasteiger partial charge in [0.15, 0.2) is 5.78 Å². The number of likely N-dealkylation sites (N-methyl/N-ethyl adjacent to an activating group) is 1. The molecule has 0 aliphatic heterocycles. The number of nitrogens with zero attached hydrogens (tertiary/aromatic N) is 2. The third-order valence-corrected chi connectivity index (χ3v) is 3.67. The summed E-state index contributed by atoms with van der Waals surface area (Å²) < 4.78 is 1.17. The molecule has 0 radical (unpaired) electrons. The number of hydrogen-bond acceptors (Lipinski definition) is 5. The summed E-state index contributed by atoms with van der Waals surface area (Å²) in [5, 5.41) is 0. The van der Waals surface area contributed by atoms with Crippen molar-refractivity contribution in [2.24, 2.45) is 0 Å². The van der Waals surface area contributed by atoms with E-state index in [0.29, 0.717) is 6.54 Å². The Balaban J connectivity index is 2.38. The largest absolute Gasteiger partial charge is 0.384 e. The minimum atomic E-state index is -0.744. The Labute approximate surface area is 133 Å². The highest BCUT2D eigenvalue weighted by Crippen LogP contribution is 2.14. The number of rotatable bonds is 6. The Kier molecular flexibility index (Phi) is 5.00. The molecule has 0 saturated heterocycles. The summed E-state index contributed by atoms with van der Waals surface area (Å²) in [5.74, 6) is -0.507. The molecule has 7 nitrogen and oxygen atoms in total. The van der Waals surface area contributed by atoms with Gasteiger partial charge in [-0.25, -0.2) is 4.79 Å². The molecule has 0 aliphatic rings. The van der Waals surface area contributed by atoms with E-state index in [0.717, 1.165) is 5.69 Å². The summed E-state index contributed by atoms with van der Waals surface area (Å²) >= 11 is 0. The molecule has 0 unspecified atom stereocenters. The second-order valence-corrected chi connectivity index (χ2v) is 5.04. The molecule has 2 rings (SSSR count). The summed E-state index contributed by atoms with van der Waals surface area (Å²) in [6.45, 7) is 4.52. The van der Waals surface area contributed by atoms with Gasteiger partial charge >= 0.3 is 5.69 Å². The summed E-state index contributed by atoms with van der Waals surface area (Å²) in [7, 11) is 0. The second-order valence-electron chi connectivity index (χ2n) is 5.04. The van der Waals surface area contributed by atoms with Crippen LogP contribution in [0.1, 0.15) is 24.2 Å². The van der Waals surface area contributed by atoms with Gasteiger partial charge in [-0.1, -0.05) is 18.2 Å². The molecule has 0 amide bonds. The van der Waals surface area contributed by atoms with Gasteiger partial charge in [0, 0.05) is 18.8 Å². The zero-order valence-electron chi connectivity index (χ0n) is 13.2. The number of benzene rings is 1. The van der Waals surface area contributed by atoms with Crippen LogP contribution >= 0.6 is 0 Å². The van der Waals surface area contributed by atoms with Crippen molar-refractivity contribution in [1.29, 1.82) is 0 Å². The van der Waals surface area contributed by atoms with Crippen molar-refractivity contribution in [3.8, 4) is 0 Å². The van der Waals surface area contributed by atoms with Gasteiger partial charge in [-0.15, -0.1) is 0 Å². The Bertz CT molecular complexity index is 808. The van der Waals surface area contributed by atoms with Gasteiger partial charge in [0.05, 0.1) is 6.54 Å². The lowest BCUT2D eigenvalue weighted by atomic mass is 10.1. The van der Waals surface area contributed by atoms with Crippen molar-refractivity contribution in [1.82, 2.24) is 9.55 Å². The Hall–Kier alpha value is -2.83. The van der Waals surface area contributed by atoms with E-state index in [1.807, 2.05) is 42.2 Å². The number of anilines is 2. The Morgan fingerprint density at radius 1 is 1.22 bits per heavy atom. The lowest BCUT2D eigenvalue weighted by Gasteiger charge is -2.22. The summed E-state index contributed by atoms with van der Waals surface area (Å²) in [6.07, 6.45) is 0. The van der Waals surface area contributed by atoms with Crippen LogP contribution in [0.25, 0.3) is 0 Å². The third kappa shape index (κ3) is 3.33. The number of aromatic amines is 1. The highest BCUT2D eigenvalue weighted by Gasteiger charge is 2.20. The smallest absolute Gasteiger partial charge is 0.329 e. The van der Waals surface area contributed by atoms with E-state index in [4.69, 9.17) is 5.73 Å². The molecule has 2 aromatic rings. The van der Waals surface area contributed by atoms with E-state index >= 15 is 0 Å². The average molecular weight is 316 g/mol. The predicted molar refractivity (Wildman–Crippen MR) is 90.1 cm³/mol. The normalized spacial score (nSPS) is 10.5. The standard InChI is InChI=1S/C16H20N4O3/c1-3-19(11-8-6-5-7-9-11)10-12(21)13-14(17)20(4-2)16(23)18-15(13)22/h5-9H,3-4,10,17H2,1-2H3,(H,18,22,23). The number of aromatic nitrogens is 2. The first-order valence-electron chi connectivity index (χ1n) is 7.45. The molecule has 23 heavy (non-hydrogen) atoms. The van der Waals surface area contributed by atoms with Crippen LogP contribution in [0.15, 0.2) is 39.9 Å². The van der Waals surface area contributed by atoms with Crippen LogP contribution in [-0.2, 0) is 6.54 Å². The molecule has 122 valence electrons. The minimum absolute atomic E-state index is 0.00963. The fraction of sp³-hybridized carbons (Fsp3) is 0.312. The van der Waals surface area contributed by atoms with E-state index in [1.165, 1.54) is 4.57 Å². The first-order valence-corrected chi connectivity index (χ1v) is 7.45. The van der Waals surface area contributed by atoms with Crippen molar-refractivity contribution in [2.45, 2.75) is 20.4 Å². The zero-order chi connectivity index (χ0) is 17.0. The molecule has 1 heterocycles. The van der Waals surface area contributed by atoms with Gasteiger partial charge in [0.25, 0.3) is 5.56 Å². The topological polar surface area (TPSA) is 101 Å². The maximum Gasteiger partial charge on any atom is 0.329 e. The molecule has 0 bridgehead atoms. The fourth-order valence-electron chi connectivity index (χ4n) is 2.45. The number of ketones is 1. The number of nitrogens with two attached hydrogens (primary N) is 1. The summed E-state index contributed by atoms with van der Waals surface area (Å²) in [6, 6.07) is 9.41. The highest BCUT2D eigenvalue weighted by molar-refractivity contribution is 6.02. The molecule has 7 heteroatoms. The number of nitrogens with one attached hydrogen (secondary N) is 1. The number of para-hydroxylation sites is 1. The molecule has 1 aromatic carbocycles. The number of H-pyrrole nitrogens is 1. The van der Waals surface area contributed by atoms with E-state index in [-0.39, 0.29) is 24.5 Å². The third-order valence-electron chi connectivity index (χ3n) is 3.67. The van der Waals surface area contributed by atoms with Crippen LogP contribution in [0.4, 0.5) is 11.5 Å². The van der Waals surface area contributed by atoms with Crippen molar-refractivity contribution in [3.05, 3.63) is 56.7 Å². The van der Waals surface area contributed by atoms with Crippen molar-refractivity contribution < 1.29 is 4.79 Å². The molecule has 0 saturated carbocycles. The summed E-state index contributed by atoms with van der Waals surface area (Å²) in [4.78, 5) is 40.2. The van der Waals surface area contributed by atoms with Gasteiger partial charge in [0.2, 0.25) is 0 Å². The highest BCUT2D eigenvalue weighted by atomic mass is 16.2. The molecular weight excluding hydrogens is 296 g/mol. The van der Waals surface area contributed by atoms with Gasteiger partial charge in [-0.3, -0.25) is 19.1 Å². The Morgan fingerprint density at radius 3 is 2.43 bits per heavy atom. The second kappa shape index (κ2) is 6.95. The number of Topliss-reactive ketones (excluding diaryl/α,β-unsaturated/α-hetero) is 1. The fourth-order valence-corrected chi connectivity index (χ4v) is 2.45. The van der Waals surface area contributed by atoms with Gasteiger partial charge in [-0.05, 0) is 26.0 Å². The van der Waals surface area contributed by atoms with Crippen LogP contribution in [0.5, 0.6) is 0 Å². The molecule has 3 N–H and O–H groups in total. The van der Waals surface area contributed by atoms with Crippen LogP contribution in [0, 0.1) is 0 Å². The lowest BCUT2D eigenvalue weighted by Crippen LogP contribution is -2.39. The first kappa shape index (κ1) is 16.5.